The molecule has 1 rings (SSSR count). The van der Waals surface area contributed by atoms with E-state index in [1.807, 2.05) is 0 Å². The summed E-state index contributed by atoms with van der Waals surface area (Å²) in [5.41, 5.74) is 0.517. The molecule has 1 aliphatic carbocycles. The Balaban J connectivity index is 2.66. The average molecular weight is 262 g/mol. The maximum Gasteiger partial charge on any atom is 0.132 e. The van der Waals surface area contributed by atoms with Crippen LogP contribution >= 0.6 is 39.1 Å². The number of hydrogen-bond donors (Lipinski definition) is 0. The van der Waals surface area contributed by atoms with Gasteiger partial charge in [-0.15, -0.1) is 23.2 Å². The van der Waals surface area contributed by atoms with E-state index in [1.54, 1.807) is 0 Å². The SMILES string of the molecule is C[Si](C)(C)C1C(Br)C1(Cl)Cl. The standard InChI is InChI=1S/C6H11BrCl2Si/c1-10(2,3)5-4(7)6(5,8)9/h4-5H,1-3H3. The first kappa shape index (κ1) is 9.37. The van der Waals surface area contributed by atoms with Gasteiger partial charge in [0.25, 0.3) is 0 Å². The Labute approximate surface area is 81.4 Å². The van der Waals surface area contributed by atoms with E-state index in [1.165, 1.54) is 0 Å². The Morgan fingerprint density at radius 2 is 1.60 bits per heavy atom. The van der Waals surface area contributed by atoms with E-state index in [2.05, 4.69) is 35.6 Å². The summed E-state index contributed by atoms with van der Waals surface area (Å²) in [6.07, 6.45) is 0. The van der Waals surface area contributed by atoms with Crippen molar-refractivity contribution >= 4 is 47.2 Å². The molecule has 0 saturated heterocycles. The fourth-order valence-electron chi connectivity index (χ4n) is 1.31. The van der Waals surface area contributed by atoms with Crippen molar-refractivity contribution in [2.75, 3.05) is 0 Å². The zero-order valence-corrected chi connectivity index (χ0v) is 10.4. The molecule has 1 aliphatic rings. The van der Waals surface area contributed by atoms with Gasteiger partial charge in [0.1, 0.15) is 4.33 Å². The van der Waals surface area contributed by atoms with E-state index in [-0.39, 0.29) is 0 Å². The second kappa shape index (κ2) is 2.38. The molecule has 0 spiro atoms. The molecular weight excluding hydrogens is 251 g/mol. The van der Waals surface area contributed by atoms with Gasteiger partial charge in [-0.3, -0.25) is 0 Å². The molecule has 0 aromatic heterocycles. The van der Waals surface area contributed by atoms with Gasteiger partial charge in [-0.25, -0.2) is 0 Å². The van der Waals surface area contributed by atoms with E-state index in [9.17, 15) is 0 Å². The molecule has 0 aliphatic heterocycles. The summed E-state index contributed by atoms with van der Waals surface area (Å²) in [6.45, 7) is 6.87. The molecule has 0 aromatic carbocycles. The first-order valence-corrected chi connectivity index (χ1v) is 8.54. The fraction of sp³-hybridized carbons (Fsp3) is 1.00. The Morgan fingerprint density at radius 1 is 1.30 bits per heavy atom. The monoisotopic (exact) mass is 260 g/mol. The van der Waals surface area contributed by atoms with Gasteiger partial charge in [0, 0.05) is 5.54 Å². The third-order valence-corrected chi connectivity index (χ3v) is 8.13. The number of alkyl halides is 3. The first-order valence-electron chi connectivity index (χ1n) is 3.30. The van der Waals surface area contributed by atoms with Crippen LogP contribution in [-0.2, 0) is 0 Å². The number of halogens is 3. The van der Waals surface area contributed by atoms with Crippen molar-refractivity contribution in [2.24, 2.45) is 0 Å². The van der Waals surface area contributed by atoms with Crippen LogP contribution < -0.4 is 0 Å². The molecule has 1 saturated carbocycles. The van der Waals surface area contributed by atoms with E-state index in [4.69, 9.17) is 23.2 Å². The molecule has 2 unspecified atom stereocenters. The van der Waals surface area contributed by atoms with Gasteiger partial charge in [-0.2, -0.15) is 0 Å². The third-order valence-electron chi connectivity index (χ3n) is 1.90. The van der Waals surface area contributed by atoms with Crippen molar-refractivity contribution < 1.29 is 0 Å². The topological polar surface area (TPSA) is 0 Å². The second-order valence-corrected chi connectivity index (χ2v) is 11.7. The van der Waals surface area contributed by atoms with Crippen molar-refractivity contribution in [3.05, 3.63) is 0 Å². The molecule has 4 heteroatoms. The van der Waals surface area contributed by atoms with E-state index in [0.29, 0.717) is 10.4 Å². The lowest BCUT2D eigenvalue weighted by atomic mass is 10.9. The van der Waals surface area contributed by atoms with E-state index < -0.39 is 12.4 Å². The highest BCUT2D eigenvalue weighted by atomic mass is 79.9. The number of rotatable bonds is 1. The van der Waals surface area contributed by atoms with Gasteiger partial charge in [0.05, 0.1) is 12.9 Å². The molecule has 0 nitrogen and oxygen atoms in total. The van der Waals surface area contributed by atoms with Crippen LogP contribution in [0, 0.1) is 0 Å². The highest BCUT2D eigenvalue weighted by Gasteiger charge is 2.66. The Bertz CT molecular complexity index is 142. The summed E-state index contributed by atoms with van der Waals surface area (Å²) in [4.78, 5) is 0.329. The summed E-state index contributed by atoms with van der Waals surface area (Å²) in [5, 5.41) is 0. The van der Waals surface area contributed by atoms with Crippen molar-refractivity contribution in [2.45, 2.75) is 34.3 Å². The van der Waals surface area contributed by atoms with Gasteiger partial charge < -0.3 is 0 Å². The smallest absolute Gasteiger partial charge is 0.100 e. The second-order valence-electron chi connectivity index (χ2n) is 3.92. The average Bonchev–Trinajstić information content (AvgIpc) is 2.03. The van der Waals surface area contributed by atoms with Gasteiger partial charge in [0.2, 0.25) is 0 Å². The van der Waals surface area contributed by atoms with Gasteiger partial charge >= 0.3 is 0 Å². The molecule has 0 aromatic rings. The Kier molecular flexibility index (Phi) is 2.23. The molecule has 60 valence electrons. The predicted molar refractivity (Wildman–Crippen MR) is 54.2 cm³/mol. The lowest BCUT2D eigenvalue weighted by Gasteiger charge is -2.15. The molecule has 1 fully saturated rings. The van der Waals surface area contributed by atoms with E-state index in [0.717, 1.165) is 0 Å². The highest BCUT2D eigenvalue weighted by Crippen LogP contribution is 2.66. The maximum atomic E-state index is 6.00. The molecule has 10 heavy (non-hydrogen) atoms. The summed E-state index contributed by atoms with van der Waals surface area (Å²) >= 11 is 15.5. The lowest BCUT2D eigenvalue weighted by molar-refractivity contribution is 1.28. The first-order chi connectivity index (χ1) is 4.28. The molecule has 0 N–H and O–H groups in total. The lowest BCUT2D eigenvalue weighted by Crippen LogP contribution is -2.22. The molecule has 0 bridgehead atoms. The van der Waals surface area contributed by atoms with Crippen LogP contribution in [0.5, 0.6) is 0 Å². The minimum absolute atomic E-state index is 0.329. The van der Waals surface area contributed by atoms with Crippen molar-refractivity contribution in [1.82, 2.24) is 0 Å². The van der Waals surface area contributed by atoms with Gasteiger partial charge in [-0.1, -0.05) is 35.6 Å². The van der Waals surface area contributed by atoms with Crippen molar-refractivity contribution in [1.29, 1.82) is 0 Å². The molecule has 0 radical (unpaired) electrons. The number of hydrogen-bond acceptors (Lipinski definition) is 0. The van der Waals surface area contributed by atoms with Crippen molar-refractivity contribution in [3.8, 4) is 0 Å². The molecule has 2 atom stereocenters. The predicted octanol–water partition coefficient (Wildman–Crippen LogP) is 3.65. The quantitative estimate of drug-likeness (QED) is 0.500. The summed E-state index contributed by atoms with van der Waals surface area (Å²) in [7, 11) is -1.13. The summed E-state index contributed by atoms with van der Waals surface area (Å²) in [6, 6.07) is 0. The largest absolute Gasteiger partial charge is 0.132 e. The Morgan fingerprint density at radius 3 is 1.60 bits per heavy atom. The minimum atomic E-state index is -1.13. The maximum absolute atomic E-state index is 6.00. The van der Waals surface area contributed by atoms with Crippen molar-refractivity contribution in [3.63, 3.8) is 0 Å². The van der Waals surface area contributed by atoms with Crippen LogP contribution in [-0.4, -0.2) is 17.2 Å². The fourth-order valence-corrected chi connectivity index (χ4v) is 9.71. The van der Waals surface area contributed by atoms with Gasteiger partial charge in [0.15, 0.2) is 0 Å². The van der Waals surface area contributed by atoms with Crippen LogP contribution in [0.3, 0.4) is 0 Å². The summed E-state index contributed by atoms with van der Waals surface area (Å²) in [5.74, 6) is 0. The molecule has 0 amide bonds. The van der Waals surface area contributed by atoms with Crippen LogP contribution in [0.4, 0.5) is 0 Å². The van der Waals surface area contributed by atoms with Crippen LogP contribution in [0.1, 0.15) is 0 Å². The van der Waals surface area contributed by atoms with Crippen LogP contribution in [0.2, 0.25) is 25.2 Å². The molecule has 0 heterocycles. The summed E-state index contributed by atoms with van der Waals surface area (Å²) < 4.78 is -0.468. The zero-order chi connectivity index (χ0) is 8.15. The van der Waals surface area contributed by atoms with Gasteiger partial charge in [-0.05, 0) is 0 Å². The zero-order valence-electron chi connectivity index (χ0n) is 6.29. The molecular formula is C6H11BrCl2Si. The normalized spacial score (nSPS) is 37.8. The van der Waals surface area contributed by atoms with Crippen LogP contribution in [0.15, 0.2) is 0 Å². The third kappa shape index (κ3) is 1.40. The minimum Gasteiger partial charge on any atom is -0.100 e. The van der Waals surface area contributed by atoms with Crippen LogP contribution in [0.25, 0.3) is 0 Å². The highest BCUT2D eigenvalue weighted by molar-refractivity contribution is 9.10. The Hall–Kier alpha value is 1.28. The van der Waals surface area contributed by atoms with E-state index >= 15 is 0 Å².